The first kappa shape index (κ1) is 9.51. The fraction of sp³-hybridized carbons (Fsp3) is 0.100. The molecule has 0 aliphatic heterocycles. The van der Waals surface area contributed by atoms with Crippen molar-refractivity contribution < 1.29 is 9.13 Å². The maximum absolute atomic E-state index is 13.3. The molecule has 0 aliphatic rings. The first-order valence-corrected chi connectivity index (χ1v) is 4.32. The number of hydrogen-bond donors (Lipinski definition) is 2. The van der Waals surface area contributed by atoms with E-state index in [0.717, 1.165) is 0 Å². The summed E-state index contributed by atoms with van der Waals surface area (Å²) < 4.78 is 18.1. The van der Waals surface area contributed by atoms with E-state index in [4.69, 9.17) is 4.74 Å². The van der Waals surface area contributed by atoms with Gasteiger partial charge in [-0.3, -0.25) is 0 Å². The summed E-state index contributed by atoms with van der Waals surface area (Å²) in [7, 11) is 1.40. The van der Waals surface area contributed by atoms with Crippen molar-refractivity contribution in [1.29, 1.82) is 0 Å². The number of rotatable bonds is 2. The predicted octanol–water partition coefficient (Wildman–Crippen LogP) is 1.52. The summed E-state index contributed by atoms with van der Waals surface area (Å²) in [6, 6.07) is 4.48. The molecule has 0 atom stereocenters. The highest BCUT2D eigenvalue weighted by atomic mass is 19.1. The fourth-order valence-corrected chi connectivity index (χ4v) is 1.32. The molecule has 5 heteroatoms. The zero-order valence-electron chi connectivity index (χ0n) is 8.00. The van der Waals surface area contributed by atoms with Gasteiger partial charge in [-0.25, -0.2) is 9.18 Å². The Balaban J connectivity index is 2.46. The Morgan fingerprint density at radius 2 is 2.20 bits per heavy atom. The molecule has 0 unspecified atom stereocenters. The lowest BCUT2D eigenvalue weighted by Gasteiger charge is -2.02. The third kappa shape index (κ3) is 1.76. The lowest BCUT2D eigenvalue weighted by molar-refractivity contribution is 0.386. The van der Waals surface area contributed by atoms with E-state index in [9.17, 15) is 9.18 Å². The Labute approximate surface area is 84.7 Å². The first-order chi connectivity index (χ1) is 7.20. The summed E-state index contributed by atoms with van der Waals surface area (Å²) in [5.74, 6) is -0.284. The van der Waals surface area contributed by atoms with Gasteiger partial charge in [0.25, 0.3) is 0 Å². The molecule has 1 heterocycles. The van der Waals surface area contributed by atoms with Crippen LogP contribution < -0.4 is 10.4 Å². The molecule has 0 bridgehead atoms. The minimum absolute atomic E-state index is 0.177. The van der Waals surface area contributed by atoms with E-state index in [-0.39, 0.29) is 11.4 Å². The SMILES string of the molecule is COc1ccc(-c2c[nH]c(=O)[nH]2)cc1F. The highest BCUT2D eigenvalue weighted by molar-refractivity contribution is 5.59. The Morgan fingerprint density at radius 1 is 1.40 bits per heavy atom. The molecule has 0 fully saturated rings. The van der Waals surface area contributed by atoms with Gasteiger partial charge in [-0.2, -0.15) is 0 Å². The van der Waals surface area contributed by atoms with Gasteiger partial charge in [0.2, 0.25) is 0 Å². The van der Waals surface area contributed by atoms with Crippen LogP contribution >= 0.6 is 0 Å². The van der Waals surface area contributed by atoms with Crippen LogP contribution in [0.5, 0.6) is 5.75 Å². The average Bonchev–Trinajstić information content (AvgIpc) is 2.65. The molecule has 0 saturated carbocycles. The van der Waals surface area contributed by atoms with Gasteiger partial charge in [-0.1, -0.05) is 0 Å². The molecular weight excluding hydrogens is 199 g/mol. The van der Waals surface area contributed by atoms with Crippen LogP contribution in [0, 0.1) is 5.82 Å². The number of hydrogen-bond acceptors (Lipinski definition) is 2. The molecule has 0 amide bonds. The number of H-pyrrole nitrogens is 2. The van der Waals surface area contributed by atoms with Gasteiger partial charge in [0.15, 0.2) is 11.6 Å². The van der Waals surface area contributed by atoms with Gasteiger partial charge in [0, 0.05) is 11.8 Å². The first-order valence-electron chi connectivity index (χ1n) is 4.32. The van der Waals surface area contributed by atoms with E-state index in [1.165, 1.54) is 25.4 Å². The van der Waals surface area contributed by atoms with Crippen LogP contribution in [0.4, 0.5) is 4.39 Å². The highest BCUT2D eigenvalue weighted by Crippen LogP contribution is 2.23. The second-order valence-electron chi connectivity index (χ2n) is 3.01. The molecule has 0 radical (unpaired) electrons. The van der Waals surface area contributed by atoms with E-state index in [0.29, 0.717) is 11.3 Å². The summed E-state index contributed by atoms with van der Waals surface area (Å²) in [6.07, 6.45) is 1.49. The van der Waals surface area contributed by atoms with E-state index >= 15 is 0 Å². The number of aromatic nitrogens is 2. The molecule has 0 aliphatic carbocycles. The van der Waals surface area contributed by atoms with Crippen LogP contribution in [0.2, 0.25) is 0 Å². The number of nitrogens with one attached hydrogen (secondary N) is 2. The van der Waals surface area contributed by atoms with Crippen molar-refractivity contribution in [1.82, 2.24) is 9.97 Å². The Hall–Kier alpha value is -2.04. The smallest absolute Gasteiger partial charge is 0.323 e. The largest absolute Gasteiger partial charge is 0.494 e. The van der Waals surface area contributed by atoms with Crippen LogP contribution in [-0.4, -0.2) is 17.1 Å². The Bertz CT molecular complexity index is 530. The van der Waals surface area contributed by atoms with Crippen molar-refractivity contribution in [2.45, 2.75) is 0 Å². The summed E-state index contributed by atoms with van der Waals surface area (Å²) in [5.41, 5.74) is 0.814. The monoisotopic (exact) mass is 208 g/mol. The topological polar surface area (TPSA) is 57.9 Å². The molecule has 1 aromatic carbocycles. The Morgan fingerprint density at radius 3 is 2.73 bits per heavy atom. The summed E-state index contributed by atoms with van der Waals surface area (Å²) in [4.78, 5) is 15.8. The number of aromatic amines is 2. The third-order valence-electron chi connectivity index (χ3n) is 2.06. The van der Waals surface area contributed by atoms with Gasteiger partial charge in [-0.05, 0) is 18.2 Å². The van der Waals surface area contributed by atoms with Crippen molar-refractivity contribution in [2.75, 3.05) is 7.11 Å². The van der Waals surface area contributed by atoms with Crippen LogP contribution in [0.15, 0.2) is 29.2 Å². The second kappa shape index (κ2) is 3.61. The van der Waals surface area contributed by atoms with Gasteiger partial charge in [-0.15, -0.1) is 0 Å². The maximum Gasteiger partial charge on any atom is 0.323 e. The van der Waals surface area contributed by atoms with Gasteiger partial charge >= 0.3 is 5.69 Å². The molecule has 0 saturated heterocycles. The molecule has 2 N–H and O–H groups in total. The number of ether oxygens (including phenoxy) is 1. The standard InChI is InChI=1S/C10H9FN2O2/c1-15-9-3-2-6(4-7(9)11)8-5-12-10(14)13-8/h2-5H,1H3,(H2,12,13,14). The maximum atomic E-state index is 13.3. The van der Waals surface area contributed by atoms with Crippen molar-refractivity contribution in [3.63, 3.8) is 0 Å². The highest BCUT2D eigenvalue weighted by Gasteiger charge is 2.06. The van der Waals surface area contributed by atoms with Crippen molar-refractivity contribution in [3.8, 4) is 17.0 Å². The molecule has 2 aromatic rings. The van der Waals surface area contributed by atoms with Crippen LogP contribution in [0.25, 0.3) is 11.3 Å². The minimum atomic E-state index is -0.461. The van der Waals surface area contributed by atoms with Gasteiger partial charge < -0.3 is 14.7 Å². The van der Waals surface area contributed by atoms with Crippen molar-refractivity contribution in [3.05, 3.63) is 40.7 Å². The molecule has 0 spiro atoms. The third-order valence-corrected chi connectivity index (χ3v) is 2.06. The average molecular weight is 208 g/mol. The number of methoxy groups -OCH3 is 1. The number of benzene rings is 1. The molecule has 15 heavy (non-hydrogen) atoms. The number of halogens is 1. The van der Waals surface area contributed by atoms with E-state index < -0.39 is 5.82 Å². The van der Waals surface area contributed by atoms with Crippen LogP contribution in [0.3, 0.4) is 0 Å². The summed E-state index contributed by atoms with van der Waals surface area (Å²) in [5, 5.41) is 0. The molecule has 4 nitrogen and oxygen atoms in total. The summed E-state index contributed by atoms with van der Waals surface area (Å²) >= 11 is 0. The second-order valence-corrected chi connectivity index (χ2v) is 3.01. The molecule has 78 valence electrons. The zero-order valence-corrected chi connectivity index (χ0v) is 8.00. The predicted molar refractivity (Wildman–Crippen MR) is 53.4 cm³/mol. The van der Waals surface area contributed by atoms with Crippen LogP contribution in [-0.2, 0) is 0 Å². The van der Waals surface area contributed by atoms with Gasteiger partial charge in [0.1, 0.15) is 0 Å². The summed E-state index contributed by atoms with van der Waals surface area (Å²) in [6.45, 7) is 0. The minimum Gasteiger partial charge on any atom is -0.494 e. The van der Waals surface area contributed by atoms with E-state index in [1.54, 1.807) is 6.07 Å². The quantitative estimate of drug-likeness (QED) is 0.786. The van der Waals surface area contributed by atoms with Gasteiger partial charge in [0.05, 0.1) is 12.8 Å². The van der Waals surface area contributed by atoms with E-state index in [2.05, 4.69) is 9.97 Å². The van der Waals surface area contributed by atoms with Crippen molar-refractivity contribution >= 4 is 0 Å². The Kier molecular flexibility index (Phi) is 2.29. The number of imidazole rings is 1. The molecule has 1 aromatic heterocycles. The zero-order chi connectivity index (χ0) is 10.8. The fourth-order valence-electron chi connectivity index (χ4n) is 1.32. The molecular formula is C10H9FN2O2. The van der Waals surface area contributed by atoms with E-state index in [1.807, 2.05) is 0 Å². The lowest BCUT2D eigenvalue weighted by Crippen LogP contribution is -2.00. The van der Waals surface area contributed by atoms with Crippen molar-refractivity contribution in [2.24, 2.45) is 0 Å². The lowest BCUT2D eigenvalue weighted by atomic mass is 10.1. The molecule has 2 rings (SSSR count). The van der Waals surface area contributed by atoms with Crippen LogP contribution in [0.1, 0.15) is 0 Å². The normalized spacial score (nSPS) is 10.3.